The van der Waals surface area contributed by atoms with Crippen LogP contribution < -0.4 is 0 Å². The van der Waals surface area contributed by atoms with Gasteiger partial charge in [0.25, 0.3) is 5.79 Å². The van der Waals surface area contributed by atoms with Gasteiger partial charge in [-0.1, -0.05) is 36.4 Å². The molecule has 5 nitrogen and oxygen atoms in total. The Balaban J connectivity index is 1.79. The molecule has 0 atom stereocenters. The maximum atomic E-state index is 12.4. The van der Waals surface area contributed by atoms with Gasteiger partial charge in [-0.3, -0.25) is 0 Å². The summed E-state index contributed by atoms with van der Waals surface area (Å²) in [6.07, 6.45) is 0.879. The second-order valence-electron chi connectivity index (χ2n) is 6.15. The fourth-order valence-electron chi connectivity index (χ4n) is 2.87. The van der Waals surface area contributed by atoms with E-state index in [1.807, 2.05) is 0 Å². The fraction of sp³-hybridized carbons (Fsp3) is 0.300. The Morgan fingerprint density at radius 1 is 0.800 bits per heavy atom. The molecular formula is C20H20O5. The monoisotopic (exact) mass is 340 g/mol. The quantitative estimate of drug-likeness (QED) is 0.683. The first-order chi connectivity index (χ1) is 12.1. The average Bonchev–Trinajstić information content (AvgIpc) is 2.65. The van der Waals surface area contributed by atoms with Gasteiger partial charge >= 0.3 is 11.9 Å². The molecule has 0 saturated heterocycles. The number of hydrogen-bond donors (Lipinski definition) is 1. The summed E-state index contributed by atoms with van der Waals surface area (Å²) in [6, 6.07) is 17.2. The summed E-state index contributed by atoms with van der Waals surface area (Å²) in [7, 11) is 0. The third-order valence-electron chi connectivity index (χ3n) is 4.29. The van der Waals surface area contributed by atoms with Gasteiger partial charge in [0.05, 0.1) is 17.2 Å². The van der Waals surface area contributed by atoms with Crippen molar-refractivity contribution in [2.75, 3.05) is 0 Å². The number of aliphatic hydroxyl groups excluding tert-OH is 1. The van der Waals surface area contributed by atoms with Crippen LogP contribution in [-0.2, 0) is 9.47 Å². The lowest BCUT2D eigenvalue weighted by molar-refractivity contribution is -0.195. The lowest BCUT2D eigenvalue weighted by Gasteiger charge is -2.37. The Kier molecular flexibility index (Phi) is 5.14. The number of esters is 2. The van der Waals surface area contributed by atoms with E-state index in [9.17, 15) is 14.7 Å². The Morgan fingerprint density at radius 2 is 1.20 bits per heavy atom. The highest BCUT2D eigenvalue weighted by atomic mass is 16.7. The van der Waals surface area contributed by atoms with Crippen molar-refractivity contribution in [1.82, 2.24) is 0 Å². The predicted octanol–water partition coefficient (Wildman–Crippen LogP) is 3.33. The van der Waals surface area contributed by atoms with Crippen molar-refractivity contribution in [3.8, 4) is 0 Å². The maximum absolute atomic E-state index is 12.4. The van der Waals surface area contributed by atoms with Crippen LogP contribution in [0.3, 0.4) is 0 Å². The first-order valence-corrected chi connectivity index (χ1v) is 8.33. The second-order valence-corrected chi connectivity index (χ2v) is 6.15. The van der Waals surface area contributed by atoms with E-state index in [-0.39, 0.29) is 12.8 Å². The third kappa shape index (κ3) is 4.25. The van der Waals surface area contributed by atoms with Crippen LogP contribution in [0.4, 0.5) is 0 Å². The molecular weight excluding hydrogens is 320 g/mol. The van der Waals surface area contributed by atoms with E-state index in [0.717, 1.165) is 0 Å². The molecule has 130 valence electrons. The highest BCUT2D eigenvalue weighted by Crippen LogP contribution is 2.34. The zero-order chi connectivity index (χ0) is 17.7. The van der Waals surface area contributed by atoms with Crippen molar-refractivity contribution in [2.45, 2.75) is 37.6 Å². The molecule has 1 fully saturated rings. The van der Waals surface area contributed by atoms with E-state index >= 15 is 0 Å². The van der Waals surface area contributed by atoms with Gasteiger partial charge in [-0.2, -0.15) is 0 Å². The number of hydrogen-bond acceptors (Lipinski definition) is 5. The van der Waals surface area contributed by atoms with Crippen molar-refractivity contribution in [3.63, 3.8) is 0 Å². The van der Waals surface area contributed by atoms with Gasteiger partial charge in [0.15, 0.2) is 0 Å². The first kappa shape index (κ1) is 17.2. The Hall–Kier alpha value is -2.66. The molecule has 1 aliphatic rings. The standard InChI is InChI=1S/C20H20O5/c21-17-11-13-20(14-12-17,24-18(22)15-7-3-1-4-8-15)25-19(23)16-9-5-2-6-10-16/h1-10,17,21H,11-14H2. The summed E-state index contributed by atoms with van der Waals surface area (Å²) >= 11 is 0. The van der Waals surface area contributed by atoms with Gasteiger partial charge < -0.3 is 14.6 Å². The molecule has 1 saturated carbocycles. The van der Waals surface area contributed by atoms with Gasteiger partial charge in [0, 0.05) is 12.8 Å². The first-order valence-electron chi connectivity index (χ1n) is 8.33. The normalized spacial score (nSPS) is 16.8. The van der Waals surface area contributed by atoms with E-state index in [4.69, 9.17) is 9.47 Å². The van der Waals surface area contributed by atoms with Crippen LogP contribution in [0.5, 0.6) is 0 Å². The molecule has 0 heterocycles. The van der Waals surface area contributed by atoms with Crippen LogP contribution in [0.25, 0.3) is 0 Å². The van der Waals surface area contributed by atoms with Crippen molar-refractivity contribution in [1.29, 1.82) is 0 Å². The van der Waals surface area contributed by atoms with Crippen molar-refractivity contribution >= 4 is 11.9 Å². The Bertz CT molecular complexity index is 663. The molecule has 0 radical (unpaired) electrons. The number of ether oxygens (including phenoxy) is 2. The molecule has 3 rings (SSSR count). The number of carbonyl (C=O) groups is 2. The predicted molar refractivity (Wildman–Crippen MR) is 90.9 cm³/mol. The number of rotatable bonds is 4. The fourth-order valence-corrected chi connectivity index (χ4v) is 2.87. The largest absolute Gasteiger partial charge is 0.419 e. The molecule has 1 N–H and O–H groups in total. The third-order valence-corrected chi connectivity index (χ3v) is 4.29. The van der Waals surface area contributed by atoms with Crippen LogP contribution in [0, 0.1) is 0 Å². The summed E-state index contributed by atoms with van der Waals surface area (Å²) in [5.74, 6) is -2.44. The van der Waals surface area contributed by atoms with E-state index in [1.165, 1.54) is 0 Å². The molecule has 5 heteroatoms. The summed E-state index contributed by atoms with van der Waals surface area (Å²) < 4.78 is 11.2. The topological polar surface area (TPSA) is 72.8 Å². The average molecular weight is 340 g/mol. The molecule has 2 aromatic carbocycles. The van der Waals surface area contributed by atoms with Gasteiger partial charge in [0.1, 0.15) is 0 Å². The van der Waals surface area contributed by atoms with E-state index in [0.29, 0.717) is 24.0 Å². The highest BCUT2D eigenvalue weighted by molar-refractivity contribution is 5.91. The number of aliphatic hydroxyl groups is 1. The maximum Gasteiger partial charge on any atom is 0.341 e. The van der Waals surface area contributed by atoms with E-state index in [2.05, 4.69) is 0 Å². The molecule has 0 amide bonds. The van der Waals surface area contributed by atoms with E-state index in [1.54, 1.807) is 60.7 Å². The Labute approximate surface area is 146 Å². The second kappa shape index (κ2) is 7.49. The van der Waals surface area contributed by atoms with Crippen molar-refractivity contribution in [2.24, 2.45) is 0 Å². The summed E-state index contributed by atoms with van der Waals surface area (Å²) in [4.78, 5) is 24.9. The van der Waals surface area contributed by atoms with Crippen molar-refractivity contribution < 1.29 is 24.2 Å². The minimum absolute atomic E-state index is 0.269. The van der Waals surface area contributed by atoms with Gasteiger partial charge in [-0.15, -0.1) is 0 Å². The highest BCUT2D eigenvalue weighted by Gasteiger charge is 2.42. The molecule has 2 aromatic rings. The molecule has 0 spiro atoms. The lowest BCUT2D eigenvalue weighted by atomic mass is 9.91. The number of benzene rings is 2. The summed E-state index contributed by atoms with van der Waals surface area (Å²) in [6.45, 7) is 0. The van der Waals surface area contributed by atoms with Crippen molar-refractivity contribution in [3.05, 3.63) is 71.8 Å². The number of carbonyl (C=O) groups excluding carboxylic acids is 2. The van der Waals surface area contributed by atoms with Gasteiger partial charge in [0.2, 0.25) is 0 Å². The van der Waals surface area contributed by atoms with Crippen LogP contribution in [-0.4, -0.2) is 28.9 Å². The Morgan fingerprint density at radius 3 is 1.60 bits per heavy atom. The summed E-state index contributed by atoms with van der Waals surface area (Å²) in [5.41, 5.74) is 0.785. The summed E-state index contributed by atoms with van der Waals surface area (Å²) in [5, 5.41) is 9.76. The van der Waals surface area contributed by atoms with Crippen LogP contribution in [0.2, 0.25) is 0 Å². The molecule has 0 aromatic heterocycles. The molecule has 25 heavy (non-hydrogen) atoms. The molecule has 0 unspecified atom stereocenters. The molecule has 0 aliphatic heterocycles. The lowest BCUT2D eigenvalue weighted by Crippen LogP contribution is -2.44. The zero-order valence-corrected chi connectivity index (χ0v) is 13.8. The molecule has 0 bridgehead atoms. The van der Waals surface area contributed by atoms with Gasteiger partial charge in [-0.05, 0) is 37.1 Å². The zero-order valence-electron chi connectivity index (χ0n) is 13.8. The van der Waals surface area contributed by atoms with E-state index < -0.39 is 23.8 Å². The van der Waals surface area contributed by atoms with Crippen LogP contribution >= 0.6 is 0 Å². The SMILES string of the molecule is O=C(OC1(OC(=O)c2ccccc2)CCC(O)CC1)c1ccccc1. The van der Waals surface area contributed by atoms with Crippen LogP contribution in [0.15, 0.2) is 60.7 Å². The molecule has 1 aliphatic carbocycles. The minimum atomic E-state index is -1.35. The minimum Gasteiger partial charge on any atom is -0.419 e. The smallest absolute Gasteiger partial charge is 0.341 e. The van der Waals surface area contributed by atoms with Crippen LogP contribution in [0.1, 0.15) is 46.4 Å². The van der Waals surface area contributed by atoms with Gasteiger partial charge in [-0.25, -0.2) is 9.59 Å².